The van der Waals surface area contributed by atoms with Gasteiger partial charge in [0.15, 0.2) is 6.29 Å². The maximum Gasteiger partial charge on any atom is 0.337 e. The molecule has 5 N–H and O–H groups in total. The summed E-state index contributed by atoms with van der Waals surface area (Å²) in [6.45, 7) is 5.14. The normalized spacial score (nSPS) is 45.5. The Morgan fingerprint density at radius 2 is 1.76 bits per heavy atom. The molecule has 1 saturated carbocycles. The number of hydrogen-bond donors (Lipinski definition) is 5. The third-order valence-electron chi connectivity index (χ3n) is 8.41. The summed E-state index contributed by atoms with van der Waals surface area (Å²) in [5.74, 6) is -2.25. The highest BCUT2D eigenvalue weighted by Crippen LogP contribution is 2.43. The Labute approximate surface area is 220 Å². The molecule has 3 aliphatic heterocycles. The van der Waals surface area contributed by atoms with Crippen LogP contribution < -0.4 is 0 Å². The van der Waals surface area contributed by atoms with E-state index in [0.29, 0.717) is 12.0 Å². The first kappa shape index (κ1) is 28.9. The van der Waals surface area contributed by atoms with Crippen LogP contribution in [0.4, 0.5) is 0 Å². The largest absolute Gasteiger partial charge is 0.468 e. The van der Waals surface area contributed by atoms with E-state index in [9.17, 15) is 35.1 Å². The molecule has 12 heteroatoms. The summed E-state index contributed by atoms with van der Waals surface area (Å²) in [7, 11) is 0. The van der Waals surface area contributed by atoms with Gasteiger partial charge >= 0.3 is 11.9 Å². The van der Waals surface area contributed by atoms with Gasteiger partial charge in [-0.15, -0.1) is 0 Å². The first-order chi connectivity index (χ1) is 18.1. The minimum atomic E-state index is -1.66. The third kappa shape index (κ3) is 5.62. The molecule has 38 heavy (non-hydrogen) atoms. The predicted molar refractivity (Wildman–Crippen MR) is 128 cm³/mol. The molecule has 3 fully saturated rings. The van der Waals surface area contributed by atoms with Crippen molar-refractivity contribution in [2.45, 2.75) is 76.7 Å². The lowest BCUT2D eigenvalue weighted by Crippen LogP contribution is -2.60. The molecule has 214 valence electrons. The molecule has 0 aromatic rings. The van der Waals surface area contributed by atoms with Crippen LogP contribution in [0.25, 0.3) is 0 Å². The molecule has 12 atom stereocenters. The predicted octanol–water partition coefficient (Wildman–Crippen LogP) is -0.635. The van der Waals surface area contributed by atoms with Crippen LogP contribution in [-0.2, 0) is 33.3 Å². The van der Waals surface area contributed by atoms with Crippen molar-refractivity contribution in [1.82, 2.24) is 0 Å². The van der Waals surface area contributed by atoms with Gasteiger partial charge in [-0.25, -0.2) is 4.79 Å². The number of fused-ring (bicyclic) bond motifs is 2. The summed E-state index contributed by atoms with van der Waals surface area (Å²) in [5, 5.41) is 50.4. The molecule has 12 nitrogen and oxygen atoms in total. The van der Waals surface area contributed by atoms with E-state index in [1.807, 2.05) is 13.8 Å². The smallest absolute Gasteiger partial charge is 0.337 e. The first-order valence-electron chi connectivity index (χ1n) is 13.1. The van der Waals surface area contributed by atoms with E-state index in [-0.39, 0.29) is 48.9 Å². The topological polar surface area (TPSA) is 181 Å². The lowest BCUT2D eigenvalue weighted by atomic mass is 9.82. The van der Waals surface area contributed by atoms with E-state index < -0.39 is 67.6 Å². The molecule has 2 saturated heterocycles. The van der Waals surface area contributed by atoms with Gasteiger partial charge in [0.2, 0.25) is 6.29 Å². The van der Waals surface area contributed by atoms with Crippen LogP contribution in [0, 0.1) is 29.6 Å². The Morgan fingerprint density at radius 3 is 2.45 bits per heavy atom. The SMILES string of the molecule is C/C=C1/[C@H](O[C@@H]2O[C@H](CO)[C@@H](O)[C@H](O)[C@H]2O)OC=C2C(=O)OC[C@H](C)[C@@H]3C[C@H](O)[C@H](C)[C@H]3COC(=O)C[C@H]21. The summed E-state index contributed by atoms with van der Waals surface area (Å²) in [6.07, 6.45) is -6.23. The van der Waals surface area contributed by atoms with Gasteiger partial charge in [0.25, 0.3) is 0 Å². The van der Waals surface area contributed by atoms with Gasteiger partial charge in [0, 0.05) is 17.4 Å². The highest BCUT2D eigenvalue weighted by Gasteiger charge is 2.48. The van der Waals surface area contributed by atoms with Crippen molar-refractivity contribution in [3.05, 3.63) is 23.5 Å². The highest BCUT2D eigenvalue weighted by atomic mass is 16.8. The number of aliphatic hydroxyl groups is 5. The molecule has 0 radical (unpaired) electrons. The number of carbonyl (C=O) groups excluding carboxylic acids is 2. The number of rotatable bonds is 3. The van der Waals surface area contributed by atoms with Crippen LogP contribution >= 0.6 is 0 Å². The fourth-order valence-electron chi connectivity index (χ4n) is 5.91. The van der Waals surface area contributed by atoms with Crippen molar-refractivity contribution in [2.75, 3.05) is 19.8 Å². The van der Waals surface area contributed by atoms with Crippen LogP contribution in [0.1, 0.15) is 33.6 Å². The summed E-state index contributed by atoms with van der Waals surface area (Å²) >= 11 is 0. The highest BCUT2D eigenvalue weighted by molar-refractivity contribution is 5.91. The van der Waals surface area contributed by atoms with Gasteiger partial charge in [-0.1, -0.05) is 19.9 Å². The van der Waals surface area contributed by atoms with Crippen molar-refractivity contribution in [3.63, 3.8) is 0 Å². The zero-order valence-electron chi connectivity index (χ0n) is 21.7. The Kier molecular flexibility index (Phi) is 9.13. The molecule has 0 aromatic carbocycles. The maximum atomic E-state index is 13.1. The molecule has 4 rings (SSSR count). The van der Waals surface area contributed by atoms with Gasteiger partial charge in [-0.3, -0.25) is 4.79 Å². The Balaban J connectivity index is 1.56. The Morgan fingerprint density at radius 1 is 1.03 bits per heavy atom. The van der Waals surface area contributed by atoms with E-state index in [0.717, 1.165) is 6.26 Å². The third-order valence-corrected chi connectivity index (χ3v) is 8.41. The Bertz CT molecular complexity index is 931. The molecule has 4 aliphatic rings. The summed E-state index contributed by atoms with van der Waals surface area (Å²) in [4.78, 5) is 26.1. The van der Waals surface area contributed by atoms with E-state index in [1.165, 1.54) is 0 Å². The van der Waals surface area contributed by atoms with Crippen molar-refractivity contribution in [2.24, 2.45) is 29.6 Å². The van der Waals surface area contributed by atoms with Crippen LogP contribution in [0.2, 0.25) is 0 Å². The number of ether oxygens (including phenoxy) is 5. The van der Waals surface area contributed by atoms with E-state index in [1.54, 1.807) is 13.0 Å². The average Bonchev–Trinajstić information content (AvgIpc) is 3.18. The molecule has 0 spiro atoms. The number of esters is 2. The van der Waals surface area contributed by atoms with Gasteiger partial charge < -0.3 is 49.2 Å². The Hall–Kier alpha value is -2.06. The fraction of sp³-hybridized carbons (Fsp3) is 0.769. The molecule has 0 bridgehead atoms. The van der Waals surface area contributed by atoms with Crippen LogP contribution in [0.5, 0.6) is 0 Å². The zero-order chi connectivity index (χ0) is 27.7. The second-order valence-electron chi connectivity index (χ2n) is 10.7. The number of cyclic esters (lactones) is 2. The van der Waals surface area contributed by atoms with Crippen molar-refractivity contribution in [1.29, 1.82) is 0 Å². The van der Waals surface area contributed by atoms with Crippen molar-refractivity contribution >= 4 is 11.9 Å². The second-order valence-corrected chi connectivity index (χ2v) is 10.7. The minimum Gasteiger partial charge on any atom is -0.468 e. The van der Waals surface area contributed by atoms with Gasteiger partial charge in [-0.2, -0.15) is 0 Å². The van der Waals surface area contributed by atoms with E-state index in [2.05, 4.69) is 0 Å². The van der Waals surface area contributed by atoms with E-state index >= 15 is 0 Å². The van der Waals surface area contributed by atoms with Crippen molar-refractivity contribution < 1.29 is 58.8 Å². The van der Waals surface area contributed by atoms with Crippen molar-refractivity contribution in [3.8, 4) is 0 Å². The van der Waals surface area contributed by atoms with Crippen LogP contribution in [-0.4, -0.2) is 100 Å². The second kappa shape index (κ2) is 12.0. The molecular formula is C26H38O12. The average molecular weight is 543 g/mol. The van der Waals surface area contributed by atoms with Crippen LogP contribution in [0.15, 0.2) is 23.5 Å². The van der Waals surface area contributed by atoms with Gasteiger partial charge in [0.05, 0.1) is 44.2 Å². The summed E-state index contributed by atoms with van der Waals surface area (Å²) in [5.41, 5.74) is 0.453. The number of carbonyl (C=O) groups is 2. The quantitative estimate of drug-likeness (QED) is 0.225. The van der Waals surface area contributed by atoms with Gasteiger partial charge in [-0.05, 0) is 31.1 Å². The number of hydrogen-bond acceptors (Lipinski definition) is 12. The number of aliphatic hydroxyl groups excluding tert-OH is 5. The lowest BCUT2D eigenvalue weighted by Gasteiger charge is -2.42. The molecule has 1 aliphatic carbocycles. The maximum absolute atomic E-state index is 13.1. The molecular weight excluding hydrogens is 504 g/mol. The molecule has 3 heterocycles. The zero-order valence-corrected chi connectivity index (χ0v) is 21.7. The minimum absolute atomic E-state index is 0.0230. The first-order valence-corrected chi connectivity index (χ1v) is 13.1. The lowest BCUT2D eigenvalue weighted by molar-refractivity contribution is -0.327. The molecule has 0 unspecified atom stereocenters. The fourth-order valence-corrected chi connectivity index (χ4v) is 5.91. The van der Waals surface area contributed by atoms with Crippen LogP contribution in [0.3, 0.4) is 0 Å². The number of allylic oxidation sites excluding steroid dienone is 1. The summed E-state index contributed by atoms with van der Waals surface area (Å²) < 4.78 is 28.1. The molecule has 0 aromatic heterocycles. The standard InChI is InChI=1S/C26H38O12/c1-4-13-15-6-20(29)34-9-16-12(3)18(28)5-14(16)11(2)8-35-24(33)17(15)10-36-25(13)38-26-23(32)22(31)21(30)19(7-27)37-26/h4,10-12,14-16,18-19,21-23,25-28,30-32H,5-9H2,1-3H3/b13-4+/t11-,12+,14-,15-,16+,18-,19+,21+,22-,23+,25-,26-/m0/s1. The monoisotopic (exact) mass is 542 g/mol. The van der Waals surface area contributed by atoms with E-state index in [4.69, 9.17) is 23.7 Å². The summed E-state index contributed by atoms with van der Waals surface area (Å²) in [6, 6.07) is 0. The van der Waals surface area contributed by atoms with Gasteiger partial charge in [0.1, 0.15) is 24.4 Å². The molecule has 0 amide bonds.